The van der Waals surface area contributed by atoms with Crippen molar-refractivity contribution in [2.45, 2.75) is 45.7 Å². The molecular formula is C12H23N3O2. The molecule has 0 aliphatic carbocycles. The highest BCUT2D eigenvalue weighted by atomic mass is 16.2. The van der Waals surface area contributed by atoms with Crippen molar-refractivity contribution in [1.82, 2.24) is 15.5 Å². The van der Waals surface area contributed by atoms with E-state index in [0.29, 0.717) is 19.5 Å². The van der Waals surface area contributed by atoms with Crippen molar-refractivity contribution < 1.29 is 9.59 Å². The summed E-state index contributed by atoms with van der Waals surface area (Å²) in [5.41, 5.74) is -0.611. The van der Waals surface area contributed by atoms with Crippen LogP contribution in [-0.2, 0) is 9.59 Å². The number of nitrogens with zero attached hydrogens (tertiary/aromatic N) is 1. The van der Waals surface area contributed by atoms with Gasteiger partial charge in [0.1, 0.15) is 6.04 Å². The maximum atomic E-state index is 12.4. The largest absolute Gasteiger partial charge is 0.353 e. The summed E-state index contributed by atoms with van der Waals surface area (Å²) in [6.07, 6.45) is 0.653. The van der Waals surface area contributed by atoms with Crippen LogP contribution in [0.1, 0.15) is 34.1 Å². The van der Waals surface area contributed by atoms with Gasteiger partial charge in [-0.1, -0.05) is 13.8 Å². The van der Waals surface area contributed by atoms with Crippen molar-refractivity contribution in [3.63, 3.8) is 0 Å². The van der Waals surface area contributed by atoms with Gasteiger partial charge in [-0.15, -0.1) is 0 Å². The van der Waals surface area contributed by atoms with Gasteiger partial charge < -0.3 is 15.5 Å². The van der Waals surface area contributed by atoms with Crippen molar-refractivity contribution in [1.29, 1.82) is 0 Å². The summed E-state index contributed by atoms with van der Waals surface area (Å²) in [5.74, 6) is -0.0413. The lowest BCUT2D eigenvalue weighted by atomic mass is 10.00. The minimum atomic E-state index is -0.611. The average Bonchev–Trinajstić information content (AvgIpc) is 2.27. The molecule has 0 aromatic carbocycles. The number of likely N-dealkylation sites (N-methyl/N-ethyl adjacent to an activating group) is 1. The van der Waals surface area contributed by atoms with Gasteiger partial charge in [-0.2, -0.15) is 0 Å². The maximum absolute atomic E-state index is 12.4. The average molecular weight is 241 g/mol. The van der Waals surface area contributed by atoms with Gasteiger partial charge in [0, 0.05) is 13.1 Å². The van der Waals surface area contributed by atoms with E-state index in [4.69, 9.17) is 0 Å². The van der Waals surface area contributed by atoms with E-state index in [1.54, 1.807) is 4.90 Å². The Morgan fingerprint density at radius 1 is 1.53 bits per heavy atom. The van der Waals surface area contributed by atoms with E-state index in [1.165, 1.54) is 0 Å². The Kier molecular flexibility index (Phi) is 4.51. The van der Waals surface area contributed by atoms with Gasteiger partial charge in [-0.25, -0.2) is 0 Å². The summed E-state index contributed by atoms with van der Waals surface area (Å²) in [6, 6.07) is -0.325. The molecule has 0 spiro atoms. The van der Waals surface area contributed by atoms with Gasteiger partial charge in [0.05, 0.1) is 5.54 Å². The number of carbonyl (C=O) groups is 2. The van der Waals surface area contributed by atoms with E-state index in [0.717, 1.165) is 6.54 Å². The van der Waals surface area contributed by atoms with Crippen LogP contribution in [0.5, 0.6) is 0 Å². The lowest BCUT2D eigenvalue weighted by Crippen LogP contribution is -2.63. The number of hydrogen-bond acceptors (Lipinski definition) is 3. The normalized spacial score (nSPS) is 21.3. The molecule has 0 saturated carbocycles. The Morgan fingerprint density at radius 2 is 2.18 bits per heavy atom. The summed E-state index contributed by atoms with van der Waals surface area (Å²) in [4.78, 5) is 25.8. The SMILES string of the molecule is CCNC(C)(C)C(=O)N1CCNC(=O)C1CC. The quantitative estimate of drug-likeness (QED) is 0.734. The van der Waals surface area contributed by atoms with Gasteiger partial charge in [0.2, 0.25) is 11.8 Å². The number of hydrogen-bond donors (Lipinski definition) is 2. The van der Waals surface area contributed by atoms with Gasteiger partial charge in [-0.05, 0) is 26.8 Å². The van der Waals surface area contributed by atoms with E-state index in [9.17, 15) is 9.59 Å². The smallest absolute Gasteiger partial charge is 0.243 e. The van der Waals surface area contributed by atoms with Crippen LogP contribution in [0.2, 0.25) is 0 Å². The molecular weight excluding hydrogens is 218 g/mol. The van der Waals surface area contributed by atoms with Crippen LogP contribution in [0.25, 0.3) is 0 Å². The number of piperazine rings is 1. The van der Waals surface area contributed by atoms with Gasteiger partial charge >= 0.3 is 0 Å². The summed E-state index contributed by atoms with van der Waals surface area (Å²) in [5, 5.41) is 5.95. The number of carbonyl (C=O) groups excluding carboxylic acids is 2. The van der Waals surface area contributed by atoms with Gasteiger partial charge in [0.25, 0.3) is 0 Å². The Balaban J connectivity index is 2.82. The molecule has 2 amide bonds. The van der Waals surface area contributed by atoms with Crippen LogP contribution in [0.4, 0.5) is 0 Å². The number of nitrogens with one attached hydrogen (secondary N) is 2. The Morgan fingerprint density at radius 3 is 2.71 bits per heavy atom. The van der Waals surface area contributed by atoms with Crippen LogP contribution >= 0.6 is 0 Å². The highest BCUT2D eigenvalue weighted by Gasteiger charge is 2.38. The highest BCUT2D eigenvalue weighted by molar-refractivity contribution is 5.92. The van der Waals surface area contributed by atoms with Crippen LogP contribution in [0.3, 0.4) is 0 Å². The summed E-state index contributed by atoms with van der Waals surface area (Å²) < 4.78 is 0. The molecule has 5 nitrogen and oxygen atoms in total. The predicted molar refractivity (Wildman–Crippen MR) is 66.6 cm³/mol. The fourth-order valence-electron chi connectivity index (χ4n) is 2.24. The monoisotopic (exact) mass is 241 g/mol. The lowest BCUT2D eigenvalue weighted by molar-refractivity contribution is -0.147. The minimum Gasteiger partial charge on any atom is -0.353 e. The first-order valence-electron chi connectivity index (χ1n) is 6.27. The molecule has 2 N–H and O–H groups in total. The summed E-state index contributed by atoms with van der Waals surface area (Å²) >= 11 is 0. The second-order valence-corrected chi connectivity index (χ2v) is 4.87. The van der Waals surface area contributed by atoms with E-state index >= 15 is 0 Å². The molecule has 0 aromatic rings. The zero-order chi connectivity index (χ0) is 13.1. The van der Waals surface area contributed by atoms with Gasteiger partial charge in [-0.3, -0.25) is 9.59 Å². The number of rotatable bonds is 4. The second-order valence-electron chi connectivity index (χ2n) is 4.87. The third-order valence-electron chi connectivity index (χ3n) is 3.13. The predicted octanol–water partition coefficient (Wildman–Crippen LogP) is 0.112. The Labute approximate surface area is 103 Å². The van der Waals surface area contributed by atoms with Crippen molar-refractivity contribution >= 4 is 11.8 Å². The van der Waals surface area contributed by atoms with E-state index in [1.807, 2.05) is 27.7 Å². The molecule has 1 fully saturated rings. The van der Waals surface area contributed by atoms with E-state index in [-0.39, 0.29) is 17.9 Å². The van der Waals surface area contributed by atoms with E-state index < -0.39 is 5.54 Å². The fraction of sp³-hybridized carbons (Fsp3) is 0.833. The zero-order valence-corrected chi connectivity index (χ0v) is 11.2. The Hall–Kier alpha value is -1.10. The second kappa shape index (κ2) is 5.49. The first-order chi connectivity index (χ1) is 7.94. The van der Waals surface area contributed by atoms with Crippen molar-refractivity contribution in [2.75, 3.05) is 19.6 Å². The summed E-state index contributed by atoms with van der Waals surface area (Å²) in [7, 11) is 0. The molecule has 1 saturated heterocycles. The molecule has 1 rings (SSSR count). The lowest BCUT2D eigenvalue weighted by Gasteiger charge is -2.39. The third-order valence-corrected chi connectivity index (χ3v) is 3.13. The standard InChI is InChI=1S/C12H23N3O2/c1-5-9-10(16)13-7-8-15(9)11(17)12(3,4)14-6-2/h9,14H,5-8H2,1-4H3,(H,13,16). The topological polar surface area (TPSA) is 61.4 Å². The molecule has 98 valence electrons. The third kappa shape index (κ3) is 2.97. The first-order valence-corrected chi connectivity index (χ1v) is 6.27. The molecule has 0 radical (unpaired) electrons. The molecule has 1 unspecified atom stereocenters. The van der Waals surface area contributed by atoms with Crippen molar-refractivity contribution in [2.24, 2.45) is 0 Å². The Bertz CT molecular complexity index is 302. The first kappa shape index (κ1) is 14.0. The molecule has 0 bridgehead atoms. The molecule has 0 aromatic heterocycles. The van der Waals surface area contributed by atoms with Crippen LogP contribution < -0.4 is 10.6 Å². The maximum Gasteiger partial charge on any atom is 0.243 e. The molecule has 1 aliphatic rings. The molecule has 1 aliphatic heterocycles. The molecule has 5 heteroatoms. The van der Waals surface area contributed by atoms with Crippen molar-refractivity contribution in [3.05, 3.63) is 0 Å². The highest BCUT2D eigenvalue weighted by Crippen LogP contribution is 2.15. The van der Waals surface area contributed by atoms with Crippen LogP contribution in [0, 0.1) is 0 Å². The van der Waals surface area contributed by atoms with E-state index in [2.05, 4.69) is 10.6 Å². The number of amides is 2. The molecule has 1 atom stereocenters. The molecule has 1 heterocycles. The van der Waals surface area contributed by atoms with Gasteiger partial charge in [0.15, 0.2) is 0 Å². The minimum absolute atomic E-state index is 0.000972. The molecule has 17 heavy (non-hydrogen) atoms. The van der Waals surface area contributed by atoms with Crippen LogP contribution in [0.15, 0.2) is 0 Å². The van der Waals surface area contributed by atoms with Crippen molar-refractivity contribution in [3.8, 4) is 0 Å². The van der Waals surface area contributed by atoms with Crippen LogP contribution in [-0.4, -0.2) is 47.9 Å². The fourth-order valence-corrected chi connectivity index (χ4v) is 2.24. The zero-order valence-electron chi connectivity index (χ0n) is 11.2. The summed E-state index contributed by atoms with van der Waals surface area (Å²) in [6.45, 7) is 9.48.